The van der Waals surface area contributed by atoms with Crippen molar-refractivity contribution < 1.29 is 34.3 Å². The number of phenols is 1. The minimum atomic E-state index is -1.79. The molecule has 2 aliphatic heterocycles. The molecule has 2 aromatic heterocycles. The average Bonchev–Trinajstić information content (AvgIpc) is 3.83. The van der Waals surface area contributed by atoms with Crippen molar-refractivity contribution in [3.63, 3.8) is 0 Å². The number of phenolic OH excluding ortho intramolecular Hbond substituents is 1. The van der Waals surface area contributed by atoms with E-state index < -0.39 is 59.8 Å². The Morgan fingerprint density at radius 1 is 0.911 bits per heavy atom. The Morgan fingerprint density at radius 3 is 2.36 bits per heavy atom. The molecule has 6 atom stereocenters. The Balaban J connectivity index is 1.16. The Bertz CT molecular complexity index is 2590. The van der Waals surface area contributed by atoms with E-state index >= 15 is 4.79 Å². The first kappa shape index (κ1) is 36.6. The smallest absolute Gasteiger partial charge is 0.488 e. The van der Waals surface area contributed by atoms with Crippen LogP contribution in [-0.4, -0.2) is 55.7 Å². The number of halogens is 1. The van der Waals surface area contributed by atoms with Crippen molar-refractivity contribution in [1.82, 2.24) is 9.78 Å². The Hall–Kier alpha value is -5.08. The lowest BCUT2D eigenvalue weighted by molar-refractivity contribution is -0.131. The van der Waals surface area contributed by atoms with Crippen molar-refractivity contribution in [1.29, 1.82) is 0 Å². The van der Waals surface area contributed by atoms with Crippen molar-refractivity contribution >= 4 is 80.7 Å². The van der Waals surface area contributed by atoms with Gasteiger partial charge in [0.1, 0.15) is 17.3 Å². The summed E-state index contributed by atoms with van der Waals surface area (Å²) >= 11 is 7.88. The Morgan fingerprint density at radius 2 is 1.64 bits per heavy atom. The van der Waals surface area contributed by atoms with E-state index in [1.54, 1.807) is 55.1 Å². The molecule has 3 aromatic carbocycles. The molecule has 14 heteroatoms. The summed E-state index contributed by atoms with van der Waals surface area (Å²) < 4.78 is 2.60. The molecule has 3 N–H and O–H groups in total. The van der Waals surface area contributed by atoms with Crippen LogP contribution in [0.25, 0.3) is 20.7 Å². The van der Waals surface area contributed by atoms with E-state index in [0.29, 0.717) is 27.7 Å². The molecule has 6 unspecified atom stereocenters. The van der Waals surface area contributed by atoms with Gasteiger partial charge in [0, 0.05) is 28.8 Å². The maximum absolute atomic E-state index is 15.2. The number of nitrogens with zero attached hydrogens (tertiary/aromatic N) is 4. The number of aromatic hydroxyl groups is 1. The molecule has 4 amide bonds. The number of carbonyl (C=O) groups is 4. The zero-order chi connectivity index (χ0) is 39.7. The summed E-state index contributed by atoms with van der Waals surface area (Å²) in [7, 11) is -0.0765. The predicted octanol–water partition coefficient (Wildman–Crippen LogP) is 5.70. The summed E-state index contributed by atoms with van der Waals surface area (Å²) in [6.07, 6.45) is 2.40. The normalized spacial score (nSPS) is 25.9. The van der Waals surface area contributed by atoms with E-state index in [2.05, 4.69) is 0 Å². The monoisotopic (exact) mass is 788 g/mol. The standard InChI is InChI=1S/C42H38BClN4O7S/c1-19-13-22(14-20(2)36(19)49)35-26-10-11-27-34(40(52)47(38(27)50)25-8-6-7-23(15-25)43(54)55)29(26)17-30-39(51)48(41(53)42(30,35)4)33-18-31(45-46(33)5)37-21(3)28-16-24(44)9-12-32(28)56-37/h6-10,12-16,18,27,29-30,34-35,49,54-55H,11,17H2,1-5H3. The molecular formula is C42H38BClN4O7S. The maximum atomic E-state index is 15.2. The van der Waals surface area contributed by atoms with E-state index in [4.69, 9.17) is 16.7 Å². The van der Waals surface area contributed by atoms with Gasteiger partial charge in [-0.3, -0.25) is 28.8 Å². The molecule has 56 heavy (non-hydrogen) atoms. The molecule has 4 aliphatic rings. The number of anilines is 2. The van der Waals surface area contributed by atoms with Gasteiger partial charge in [0.2, 0.25) is 23.6 Å². The second-order valence-corrected chi connectivity index (χ2v) is 17.3. The fraction of sp³-hybridized carbons (Fsp3) is 0.310. The fourth-order valence-corrected chi connectivity index (χ4v) is 11.4. The second-order valence-electron chi connectivity index (χ2n) is 15.9. The van der Waals surface area contributed by atoms with Crippen LogP contribution < -0.4 is 15.3 Å². The SMILES string of the molecule is Cc1cc(C2C3=CCC4C(=O)N(c5cccc(B(O)O)c5)C(=O)C4C3CC3C(=O)N(c4cc(-c5sc6ccc(Cl)cc6c5C)nn4C)C(=O)C32C)cc(C)c1O. The molecule has 0 radical (unpaired) electrons. The minimum Gasteiger partial charge on any atom is -0.507 e. The zero-order valence-corrected chi connectivity index (χ0v) is 32.9. The first-order chi connectivity index (χ1) is 26.6. The molecule has 0 bridgehead atoms. The highest BCUT2D eigenvalue weighted by Crippen LogP contribution is 2.64. The number of allylic oxidation sites excluding steroid dienone is 2. The van der Waals surface area contributed by atoms with E-state index in [-0.39, 0.29) is 35.6 Å². The number of thiophene rings is 1. The lowest BCUT2D eigenvalue weighted by atomic mass is 9.51. The third kappa shape index (κ3) is 5.07. The van der Waals surface area contributed by atoms with E-state index in [1.807, 2.05) is 50.3 Å². The molecule has 284 valence electrons. The number of imide groups is 2. The van der Waals surface area contributed by atoms with Crippen LogP contribution in [0.4, 0.5) is 11.5 Å². The van der Waals surface area contributed by atoms with Gasteiger partial charge in [-0.1, -0.05) is 47.5 Å². The third-order valence-electron chi connectivity index (χ3n) is 12.8. The minimum absolute atomic E-state index is 0.139. The number of benzene rings is 3. The van der Waals surface area contributed by atoms with Gasteiger partial charge in [-0.2, -0.15) is 5.10 Å². The summed E-state index contributed by atoms with van der Waals surface area (Å²) in [5.41, 5.74) is 3.51. The van der Waals surface area contributed by atoms with Crippen LogP contribution in [0.1, 0.15) is 47.9 Å². The first-order valence-electron chi connectivity index (χ1n) is 18.6. The van der Waals surface area contributed by atoms with Crippen LogP contribution in [0.15, 0.2) is 72.3 Å². The van der Waals surface area contributed by atoms with Crippen molar-refractivity contribution in [3.8, 4) is 16.3 Å². The van der Waals surface area contributed by atoms with Crippen LogP contribution in [0.3, 0.4) is 0 Å². The number of rotatable bonds is 5. The second kappa shape index (κ2) is 12.7. The van der Waals surface area contributed by atoms with E-state index in [0.717, 1.165) is 36.6 Å². The molecular weight excluding hydrogens is 751 g/mol. The van der Waals surface area contributed by atoms with Crippen molar-refractivity contribution in [2.24, 2.45) is 36.1 Å². The number of hydrogen-bond donors (Lipinski definition) is 3. The van der Waals surface area contributed by atoms with Crippen LogP contribution in [0, 0.1) is 49.9 Å². The summed E-state index contributed by atoms with van der Waals surface area (Å²) in [6.45, 7) is 7.42. The largest absolute Gasteiger partial charge is 0.507 e. The van der Waals surface area contributed by atoms with E-state index in [9.17, 15) is 29.5 Å². The number of amides is 4. The highest BCUT2D eigenvalue weighted by atomic mass is 35.5. The summed E-state index contributed by atoms with van der Waals surface area (Å²) in [6, 6.07) is 17.3. The van der Waals surface area contributed by atoms with Gasteiger partial charge in [-0.25, -0.2) is 4.90 Å². The third-order valence-corrected chi connectivity index (χ3v) is 14.3. The molecule has 2 aliphatic carbocycles. The van der Waals surface area contributed by atoms with Gasteiger partial charge in [0.15, 0.2) is 0 Å². The van der Waals surface area contributed by atoms with Crippen LogP contribution in [0.2, 0.25) is 5.02 Å². The Labute approximate surface area is 331 Å². The molecule has 4 heterocycles. The van der Waals surface area contributed by atoms with Gasteiger partial charge in [-0.05, 0) is 110 Å². The first-order valence-corrected chi connectivity index (χ1v) is 19.8. The fourth-order valence-electron chi connectivity index (χ4n) is 10.1. The van der Waals surface area contributed by atoms with Crippen LogP contribution in [0.5, 0.6) is 5.75 Å². The molecule has 1 saturated carbocycles. The number of carbonyl (C=O) groups excluding carboxylic acids is 4. The summed E-state index contributed by atoms with van der Waals surface area (Å²) in [4.78, 5) is 62.0. The lowest BCUT2D eigenvalue weighted by Gasteiger charge is -2.49. The van der Waals surface area contributed by atoms with E-state index in [1.165, 1.54) is 17.0 Å². The quantitative estimate of drug-likeness (QED) is 0.117. The molecule has 0 spiro atoms. The maximum Gasteiger partial charge on any atom is 0.488 e. The van der Waals surface area contributed by atoms with Crippen LogP contribution in [-0.2, 0) is 26.2 Å². The van der Waals surface area contributed by atoms with Crippen molar-refractivity contribution in [2.45, 2.75) is 46.5 Å². The highest BCUT2D eigenvalue weighted by Gasteiger charge is 2.68. The molecule has 11 nitrogen and oxygen atoms in total. The molecule has 3 fully saturated rings. The van der Waals surface area contributed by atoms with Gasteiger partial charge >= 0.3 is 7.12 Å². The topological polar surface area (TPSA) is 153 Å². The van der Waals surface area contributed by atoms with Crippen molar-refractivity contribution in [3.05, 3.63) is 99.6 Å². The highest BCUT2D eigenvalue weighted by molar-refractivity contribution is 7.22. The molecule has 5 aromatic rings. The van der Waals surface area contributed by atoms with Crippen molar-refractivity contribution in [2.75, 3.05) is 9.80 Å². The van der Waals surface area contributed by atoms with Gasteiger partial charge < -0.3 is 15.2 Å². The number of aryl methyl sites for hydroxylation is 4. The van der Waals surface area contributed by atoms with Gasteiger partial charge in [0.05, 0.1) is 33.7 Å². The molecule has 2 saturated heterocycles. The van der Waals surface area contributed by atoms with Gasteiger partial charge in [0.25, 0.3) is 0 Å². The number of aromatic nitrogens is 2. The number of fused-ring (bicyclic) bond motifs is 5. The molecule has 9 rings (SSSR count). The van der Waals surface area contributed by atoms with Crippen LogP contribution >= 0.6 is 22.9 Å². The summed E-state index contributed by atoms with van der Waals surface area (Å²) in [5, 5.41) is 36.9. The zero-order valence-electron chi connectivity index (χ0n) is 31.3. The number of hydrogen-bond acceptors (Lipinski definition) is 9. The van der Waals surface area contributed by atoms with Gasteiger partial charge in [-0.15, -0.1) is 11.3 Å². The predicted molar refractivity (Wildman–Crippen MR) is 215 cm³/mol. The average molecular weight is 789 g/mol. The summed E-state index contributed by atoms with van der Waals surface area (Å²) in [5.74, 6) is -4.69. The lowest BCUT2D eigenvalue weighted by Crippen LogP contribution is -2.49. The Kier molecular flexibility index (Phi) is 8.30.